The van der Waals surface area contributed by atoms with Crippen LogP contribution in [-0.2, 0) is 9.59 Å². The van der Waals surface area contributed by atoms with Gasteiger partial charge < -0.3 is 4.74 Å². The SMILES string of the molecule is COc1ccccc1/C=C1\SC(=O)N(CCN2C(=O)S/C(=C/c3ccc(Cl)cc3)C2=O)C1=O. The molecule has 4 rings (SSSR count). The molecule has 0 aliphatic carbocycles. The van der Waals surface area contributed by atoms with Crippen LogP contribution in [0, 0.1) is 0 Å². The van der Waals surface area contributed by atoms with E-state index in [0.717, 1.165) is 38.9 Å². The van der Waals surface area contributed by atoms with Crippen molar-refractivity contribution in [2.45, 2.75) is 0 Å². The van der Waals surface area contributed by atoms with Crippen LogP contribution in [0.3, 0.4) is 0 Å². The van der Waals surface area contributed by atoms with E-state index in [1.165, 1.54) is 7.11 Å². The monoisotopic (exact) mass is 500 g/mol. The molecule has 2 fully saturated rings. The Balaban J connectivity index is 1.44. The smallest absolute Gasteiger partial charge is 0.293 e. The van der Waals surface area contributed by atoms with E-state index in [2.05, 4.69) is 0 Å². The highest BCUT2D eigenvalue weighted by atomic mass is 35.5. The van der Waals surface area contributed by atoms with Gasteiger partial charge >= 0.3 is 0 Å². The van der Waals surface area contributed by atoms with Gasteiger partial charge in [0.05, 0.1) is 16.9 Å². The molecule has 2 heterocycles. The Morgan fingerprint density at radius 3 is 1.94 bits per heavy atom. The van der Waals surface area contributed by atoms with Crippen molar-refractivity contribution in [2.24, 2.45) is 0 Å². The number of imide groups is 2. The Bertz CT molecular complexity index is 1210. The molecule has 0 spiro atoms. The summed E-state index contributed by atoms with van der Waals surface area (Å²) in [4.78, 5) is 52.9. The lowest BCUT2D eigenvalue weighted by Gasteiger charge is -2.17. The first-order valence-corrected chi connectivity index (χ1v) is 11.8. The molecule has 0 N–H and O–H groups in total. The number of carbonyl (C=O) groups is 4. The molecule has 4 amide bonds. The number of hydrogen-bond acceptors (Lipinski definition) is 7. The second-order valence-electron chi connectivity index (χ2n) is 6.96. The van der Waals surface area contributed by atoms with Gasteiger partial charge in [0.2, 0.25) is 0 Å². The summed E-state index contributed by atoms with van der Waals surface area (Å²) in [5.41, 5.74) is 1.40. The van der Waals surface area contributed by atoms with Crippen LogP contribution in [0.25, 0.3) is 12.2 Å². The Morgan fingerprint density at radius 1 is 0.818 bits per heavy atom. The molecule has 7 nitrogen and oxygen atoms in total. The van der Waals surface area contributed by atoms with Crippen LogP contribution < -0.4 is 4.74 Å². The van der Waals surface area contributed by atoms with Crippen LogP contribution >= 0.6 is 35.1 Å². The van der Waals surface area contributed by atoms with Crippen molar-refractivity contribution < 1.29 is 23.9 Å². The molecule has 33 heavy (non-hydrogen) atoms. The Hall–Kier alpha value is -3.01. The molecule has 2 saturated heterocycles. The topological polar surface area (TPSA) is 84.0 Å². The number of carbonyl (C=O) groups excluding carboxylic acids is 4. The highest BCUT2D eigenvalue weighted by molar-refractivity contribution is 8.18. The lowest BCUT2D eigenvalue weighted by molar-refractivity contribution is -0.125. The Morgan fingerprint density at radius 2 is 1.36 bits per heavy atom. The molecular weight excluding hydrogens is 484 g/mol. The quantitative estimate of drug-likeness (QED) is 0.509. The zero-order chi connectivity index (χ0) is 23.5. The molecule has 2 aromatic carbocycles. The summed E-state index contributed by atoms with van der Waals surface area (Å²) in [6.45, 7) is -0.164. The number of halogens is 1. The number of benzene rings is 2. The summed E-state index contributed by atoms with van der Waals surface area (Å²) in [5, 5.41) is -0.334. The zero-order valence-corrected chi connectivity index (χ0v) is 19.7. The van der Waals surface area contributed by atoms with Crippen LogP contribution in [0.15, 0.2) is 58.3 Å². The van der Waals surface area contributed by atoms with Crippen LogP contribution in [0.2, 0.25) is 5.02 Å². The van der Waals surface area contributed by atoms with Crippen LogP contribution in [0.4, 0.5) is 9.59 Å². The summed E-state index contributed by atoms with van der Waals surface area (Å²) in [7, 11) is 1.52. The van der Waals surface area contributed by atoms with E-state index < -0.39 is 22.3 Å². The van der Waals surface area contributed by atoms with Gasteiger partial charge in [-0.15, -0.1) is 0 Å². The summed E-state index contributed by atoms with van der Waals surface area (Å²) in [5.74, 6) is -0.356. The highest BCUT2D eigenvalue weighted by Crippen LogP contribution is 2.35. The van der Waals surface area contributed by atoms with E-state index in [4.69, 9.17) is 16.3 Å². The molecule has 0 atom stereocenters. The summed E-state index contributed by atoms with van der Waals surface area (Å²) >= 11 is 7.50. The predicted octanol–water partition coefficient (Wildman–Crippen LogP) is 5.12. The van der Waals surface area contributed by atoms with Gasteiger partial charge in [-0.2, -0.15) is 0 Å². The van der Waals surface area contributed by atoms with Crippen molar-refractivity contribution in [1.29, 1.82) is 0 Å². The Labute approximate surface area is 203 Å². The second-order valence-corrected chi connectivity index (χ2v) is 9.38. The molecule has 2 aliphatic rings. The average Bonchev–Trinajstić information content (AvgIpc) is 3.22. The van der Waals surface area contributed by atoms with Gasteiger partial charge in [-0.1, -0.05) is 41.9 Å². The van der Waals surface area contributed by atoms with E-state index in [1.54, 1.807) is 60.7 Å². The lowest BCUT2D eigenvalue weighted by Crippen LogP contribution is -2.39. The van der Waals surface area contributed by atoms with Crippen LogP contribution in [0.5, 0.6) is 5.75 Å². The maximum Gasteiger partial charge on any atom is 0.293 e. The fourth-order valence-corrected chi connectivity index (χ4v) is 5.07. The fraction of sp³-hybridized carbons (Fsp3) is 0.130. The summed E-state index contributed by atoms with van der Waals surface area (Å²) < 4.78 is 5.28. The normalized spacial score (nSPS) is 18.8. The van der Waals surface area contributed by atoms with E-state index in [1.807, 2.05) is 0 Å². The Kier molecular flexibility index (Phi) is 6.92. The molecular formula is C23H17ClN2O5S2. The van der Waals surface area contributed by atoms with Crippen LogP contribution in [-0.4, -0.2) is 52.3 Å². The summed E-state index contributed by atoms with van der Waals surface area (Å²) in [6, 6.07) is 14.0. The predicted molar refractivity (Wildman–Crippen MR) is 130 cm³/mol. The number of amides is 4. The van der Waals surface area contributed by atoms with E-state index in [9.17, 15) is 19.2 Å². The molecule has 10 heteroatoms. The van der Waals surface area contributed by atoms with Gasteiger partial charge in [-0.05, 0) is 59.4 Å². The molecule has 0 bridgehead atoms. The van der Waals surface area contributed by atoms with Gasteiger partial charge in [0, 0.05) is 23.7 Å². The van der Waals surface area contributed by atoms with Crippen molar-refractivity contribution in [1.82, 2.24) is 9.80 Å². The molecule has 168 valence electrons. The number of ether oxygens (including phenoxy) is 1. The van der Waals surface area contributed by atoms with E-state index in [-0.39, 0.29) is 22.9 Å². The minimum atomic E-state index is -0.473. The molecule has 0 aromatic heterocycles. The molecule has 0 radical (unpaired) electrons. The second kappa shape index (κ2) is 9.86. The first-order chi connectivity index (χ1) is 15.9. The summed E-state index contributed by atoms with van der Waals surface area (Å²) in [6.07, 6.45) is 3.20. The largest absolute Gasteiger partial charge is 0.496 e. The van der Waals surface area contributed by atoms with Crippen molar-refractivity contribution in [3.8, 4) is 5.75 Å². The zero-order valence-electron chi connectivity index (χ0n) is 17.3. The lowest BCUT2D eigenvalue weighted by atomic mass is 10.2. The van der Waals surface area contributed by atoms with Crippen molar-refractivity contribution in [2.75, 3.05) is 20.2 Å². The van der Waals surface area contributed by atoms with Crippen molar-refractivity contribution in [3.63, 3.8) is 0 Å². The number of para-hydroxylation sites is 1. The van der Waals surface area contributed by atoms with Crippen molar-refractivity contribution >= 4 is 69.6 Å². The maximum absolute atomic E-state index is 12.8. The molecule has 0 unspecified atom stereocenters. The minimum Gasteiger partial charge on any atom is -0.496 e. The third-order valence-corrected chi connectivity index (χ3v) is 6.95. The number of methoxy groups -OCH3 is 1. The van der Waals surface area contributed by atoms with Crippen molar-refractivity contribution in [3.05, 3.63) is 74.5 Å². The first kappa shape index (κ1) is 23.2. The van der Waals surface area contributed by atoms with Gasteiger partial charge in [0.1, 0.15) is 5.75 Å². The molecule has 0 saturated carbocycles. The van der Waals surface area contributed by atoms with E-state index >= 15 is 0 Å². The van der Waals surface area contributed by atoms with Gasteiger partial charge in [0.15, 0.2) is 0 Å². The first-order valence-electron chi connectivity index (χ1n) is 9.76. The minimum absolute atomic E-state index is 0.0808. The van der Waals surface area contributed by atoms with Gasteiger partial charge in [-0.25, -0.2) is 0 Å². The van der Waals surface area contributed by atoms with E-state index in [0.29, 0.717) is 16.3 Å². The number of nitrogens with zero attached hydrogens (tertiary/aromatic N) is 2. The molecule has 2 aromatic rings. The van der Waals surface area contributed by atoms with Gasteiger partial charge in [-0.3, -0.25) is 29.0 Å². The van der Waals surface area contributed by atoms with Crippen LogP contribution in [0.1, 0.15) is 11.1 Å². The third-order valence-electron chi connectivity index (χ3n) is 4.89. The highest BCUT2D eigenvalue weighted by Gasteiger charge is 2.39. The maximum atomic E-state index is 12.8. The van der Waals surface area contributed by atoms with Gasteiger partial charge in [0.25, 0.3) is 22.3 Å². The fourth-order valence-electron chi connectivity index (χ4n) is 3.22. The number of rotatable bonds is 6. The number of thioether (sulfide) groups is 2. The standard InChI is InChI=1S/C23H17ClN2O5S2/c1-31-17-5-3-2-4-15(17)13-19-21(28)26(23(30)33-19)11-10-25-20(27)18(32-22(25)29)12-14-6-8-16(24)9-7-14/h2-9,12-13H,10-11H2,1H3/b18-12+,19-13-. The number of hydrogen-bond donors (Lipinski definition) is 0. The molecule has 2 aliphatic heterocycles. The average molecular weight is 501 g/mol. The third kappa shape index (κ3) is 5.00.